The normalized spacial score (nSPS) is 22.8. The Hall–Kier alpha value is -0.810. The predicted molar refractivity (Wildman–Crippen MR) is 116 cm³/mol. The zero-order chi connectivity index (χ0) is 20.6. The first-order valence-corrected chi connectivity index (χ1v) is 11.1. The molecule has 0 saturated carbocycles. The molecule has 5 heteroatoms. The molecule has 1 aliphatic rings. The van der Waals surface area contributed by atoms with Crippen LogP contribution in [0.4, 0.5) is 0 Å². The summed E-state index contributed by atoms with van der Waals surface area (Å²) in [6.45, 7) is 15.1. The van der Waals surface area contributed by atoms with E-state index in [1.165, 1.54) is 25.7 Å². The van der Waals surface area contributed by atoms with E-state index >= 15 is 0 Å². The van der Waals surface area contributed by atoms with Gasteiger partial charge in [0.25, 0.3) is 0 Å². The van der Waals surface area contributed by atoms with Crippen molar-refractivity contribution in [1.82, 2.24) is 4.90 Å². The molecule has 1 aliphatic heterocycles. The summed E-state index contributed by atoms with van der Waals surface area (Å²) in [5, 5.41) is 0.708. The predicted octanol–water partition coefficient (Wildman–Crippen LogP) is 5.78. The first-order chi connectivity index (χ1) is 13.3. The third-order valence-corrected chi connectivity index (χ3v) is 5.95. The molecule has 0 radical (unpaired) electrons. The molecule has 2 rings (SSSR count). The Labute approximate surface area is 176 Å². The summed E-state index contributed by atoms with van der Waals surface area (Å²) < 4.78 is 18.6. The van der Waals surface area contributed by atoms with Crippen LogP contribution in [0.15, 0.2) is 24.3 Å². The summed E-state index contributed by atoms with van der Waals surface area (Å²) in [4.78, 5) is 2.53. The van der Waals surface area contributed by atoms with E-state index in [4.69, 9.17) is 25.8 Å². The maximum absolute atomic E-state index is 6.45. The van der Waals surface area contributed by atoms with Crippen molar-refractivity contribution in [3.63, 3.8) is 0 Å². The van der Waals surface area contributed by atoms with Crippen LogP contribution < -0.4 is 4.74 Å². The number of rotatable bonds is 12. The van der Waals surface area contributed by atoms with E-state index in [2.05, 4.69) is 32.6 Å². The van der Waals surface area contributed by atoms with Gasteiger partial charge in [-0.25, -0.2) is 0 Å². The second-order valence-electron chi connectivity index (χ2n) is 8.63. The second kappa shape index (κ2) is 10.8. The molecule has 0 aliphatic carbocycles. The van der Waals surface area contributed by atoms with Crippen molar-refractivity contribution in [2.75, 3.05) is 32.8 Å². The highest BCUT2D eigenvalue weighted by Gasteiger charge is 2.50. The van der Waals surface area contributed by atoms with Gasteiger partial charge in [-0.2, -0.15) is 0 Å². The Kier molecular flexibility index (Phi) is 9.07. The fraction of sp³-hybridized carbons (Fsp3) is 0.739. The van der Waals surface area contributed by atoms with E-state index in [1.807, 2.05) is 31.2 Å². The lowest BCUT2D eigenvalue weighted by Gasteiger charge is -2.39. The molecule has 28 heavy (non-hydrogen) atoms. The lowest BCUT2D eigenvalue weighted by atomic mass is 9.85. The molecule has 2 atom stereocenters. The largest absolute Gasteiger partial charge is 0.493 e. The minimum absolute atomic E-state index is 0.105. The zero-order valence-electron chi connectivity index (χ0n) is 18.3. The molecule has 0 bridgehead atoms. The van der Waals surface area contributed by atoms with E-state index in [1.54, 1.807) is 0 Å². The Morgan fingerprint density at radius 3 is 2.32 bits per heavy atom. The number of hydrogen-bond donors (Lipinski definition) is 0. The van der Waals surface area contributed by atoms with Crippen LogP contribution in [-0.2, 0) is 9.47 Å². The molecule has 0 N–H and O–H groups in total. The molecule has 160 valence electrons. The SMILES string of the molecule is CCCCN(CCCC)CC1COC(C)(C(C)(C)COc2ccc(Cl)cc2)O1. The van der Waals surface area contributed by atoms with Crippen molar-refractivity contribution in [3.05, 3.63) is 29.3 Å². The Bertz CT molecular complexity index is 570. The van der Waals surface area contributed by atoms with Crippen molar-refractivity contribution >= 4 is 11.6 Å². The number of hydrogen-bond acceptors (Lipinski definition) is 4. The summed E-state index contributed by atoms with van der Waals surface area (Å²) in [5.41, 5.74) is -0.293. The van der Waals surface area contributed by atoms with Gasteiger partial charge in [0.15, 0.2) is 5.79 Å². The summed E-state index contributed by atoms with van der Waals surface area (Å²) >= 11 is 5.95. The smallest absolute Gasteiger partial charge is 0.174 e. The number of ether oxygens (including phenoxy) is 3. The van der Waals surface area contributed by atoms with E-state index < -0.39 is 5.79 Å². The topological polar surface area (TPSA) is 30.9 Å². The average Bonchev–Trinajstić information content (AvgIpc) is 3.06. The molecule has 0 aromatic heterocycles. The van der Waals surface area contributed by atoms with E-state index in [0.29, 0.717) is 18.2 Å². The van der Waals surface area contributed by atoms with E-state index in [-0.39, 0.29) is 11.5 Å². The van der Waals surface area contributed by atoms with Crippen LogP contribution in [0.2, 0.25) is 5.02 Å². The summed E-state index contributed by atoms with van der Waals surface area (Å²) in [6, 6.07) is 7.45. The maximum atomic E-state index is 6.45. The molecule has 4 nitrogen and oxygen atoms in total. The van der Waals surface area contributed by atoms with Crippen LogP contribution in [0, 0.1) is 5.41 Å². The molecule has 2 unspecified atom stereocenters. The van der Waals surface area contributed by atoms with Crippen molar-refractivity contribution in [2.45, 2.75) is 72.2 Å². The van der Waals surface area contributed by atoms with Gasteiger partial charge in [0.1, 0.15) is 5.75 Å². The minimum atomic E-state index is -0.661. The maximum Gasteiger partial charge on any atom is 0.174 e. The third-order valence-electron chi connectivity index (χ3n) is 5.70. The van der Waals surface area contributed by atoms with Gasteiger partial charge in [-0.1, -0.05) is 52.1 Å². The highest BCUT2D eigenvalue weighted by Crippen LogP contribution is 2.40. The van der Waals surface area contributed by atoms with Crippen molar-refractivity contribution in [3.8, 4) is 5.75 Å². The summed E-state index contributed by atoms with van der Waals surface area (Å²) in [7, 11) is 0. The molecule has 1 fully saturated rings. The van der Waals surface area contributed by atoms with Gasteiger partial charge in [-0.3, -0.25) is 0 Å². The number of benzene rings is 1. The number of nitrogens with zero attached hydrogens (tertiary/aromatic N) is 1. The highest BCUT2D eigenvalue weighted by molar-refractivity contribution is 6.30. The third kappa shape index (κ3) is 6.62. The van der Waals surface area contributed by atoms with Crippen LogP contribution in [0.3, 0.4) is 0 Å². The van der Waals surface area contributed by atoms with Crippen LogP contribution >= 0.6 is 11.6 Å². The fourth-order valence-corrected chi connectivity index (χ4v) is 3.48. The first kappa shape index (κ1) is 23.5. The van der Waals surface area contributed by atoms with Crippen LogP contribution in [0.25, 0.3) is 0 Å². The van der Waals surface area contributed by atoms with Crippen molar-refractivity contribution in [2.24, 2.45) is 5.41 Å². The van der Waals surface area contributed by atoms with Crippen LogP contribution in [0.1, 0.15) is 60.3 Å². The van der Waals surface area contributed by atoms with Crippen LogP contribution in [0.5, 0.6) is 5.75 Å². The van der Waals surface area contributed by atoms with Gasteiger partial charge < -0.3 is 19.1 Å². The standard InChI is InChI=1S/C23H38ClNO3/c1-6-8-14-25(15-9-7-2)16-21-17-27-23(5,28-21)22(3,4)18-26-20-12-10-19(24)11-13-20/h10-13,21H,6-9,14-18H2,1-5H3. The van der Waals surface area contributed by atoms with Crippen molar-refractivity contribution in [1.29, 1.82) is 0 Å². The summed E-state index contributed by atoms with van der Waals surface area (Å²) in [6.07, 6.45) is 5.01. The molecule has 1 saturated heterocycles. The lowest BCUT2D eigenvalue weighted by Crippen LogP contribution is -2.47. The average molecular weight is 412 g/mol. The Morgan fingerprint density at radius 1 is 1.14 bits per heavy atom. The van der Waals surface area contributed by atoms with Crippen LogP contribution in [-0.4, -0.2) is 49.6 Å². The zero-order valence-corrected chi connectivity index (χ0v) is 19.1. The van der Waals surface area contributed by atoms with Gasteiger partial charge in [0.2, 0.25) is 0 Å². The van der Waals surface area contributed by atoms with Gasteiger partial charge in [0, 0.05) is 11.6 Å². The monoisotopic (exact) mass is 411 g/mol. The molecule has 1 aromatic rings. The molecular weight excluding hydrogens is 374 g/mol. The second-order valence-corrected chi connectivity index (χ2v) is 9.07. The number of unbranched alkanes of at least 4 members (excludes halogenated alkanes) is 2. The molecule has 1 heterocycles. The van der Waals surface area contributed by atoms with Gasteiger partial charge >= 0.3 is 0 Å². The Morgan fingerprint density at radius 2 is 1.75 bits per heavy atom. The van der Waals surface area contributed by atoms with Crippen molar-refractivity contribution < 1.29 is 14.2 Å². The molecule has 0 spiro atoms. The molecule has 1 aromatic carbocycles. The molecular formula is C23H38ClNO3. The van der Waals surface area contributed by atoms with Gasteiger partial charge in [-0.15, -0.1) is 0 Å². The van der Waals surface area contributed by atoms with E-state index in [0.717, 1.165) is 25.4 Å². The number of halogens is 1. The Balaban J connectivity index is 1.90. The van der Waals surface area contributed by atoms with Gasteiger partial charge in [0.05, 0.1) is 24.7 Å². The summed E-state index contributed by atoms with van der Waals surface area (Å²) in [5.74, 6) is 0.145. The fourth-order valence-electron chi connectivity index (χ4n) is 3.35. The lowest BCUT2D eigenvalue weighted by molar-refractivity contribution is -0.231. The quantitative estimate of drug-likeness (QED) is 0.436. The minimum Gasteiger partial charge on any atom is -0.493 e. The first-order valence-electron chi connectivity index (χ1n) is 10.7. The molecule has 0 amide bonds. The highest BCUT2D eigenvalue weighted by atomic mass is 35.5. The van der Waals surface area contributed by atoms with Gasteiger partial charge in [-0.05, 0) is 57.1 Å². The van der Waals surface area contributed by atoms with E-state index in [9.17, 15) is 0 Å².